The van der Waals surface area contributed by atoms with Crippen molar-refractivity contribution in [2.45, 2.75) is 24.4 Å². The van der Waals surface area contributed by atoms with Crippen LogP contribution in [0, 0.1) is 16.7 Å². The lowest BCUT2D eigenvalue weighted by molar-refractivity contribution is -0.485. The van der Waals surface area contributed by atoms with Crippen LogP contribution in [0.15, 0.2) is 22.8 Å². The molecule has 0 aromatic carbocycles. The van der Waals surface area contributed by atoms with Crippen LogP contribution >= 0.6 is 0 Å². The van der Waals surface area contributed by atoms with Crippen molar-refractivity contribution in [3.05, 3.63) is 24.2 Å². The first-order chi connectivity index (χ1) is 11.5. The maximum absolute atomic E-state index is 12.8. The third-order valence-corrected chi connectivity index (χ3v) is 4.57. The van der Waals surface area contributed by atoms with E-state index in [0.717, 1.165) is 0 Å². The maximum atomic E-state index is 12.8. The summed E-state index contributed by atoms with van der Waals surface area (Å²) < 4.78 is 32.6. The van der Waals surface area contributed by atoms with Gasteiger partial charge in [0.15, 0.2) is 0 Å². The number of rotatable bonds is 7. The monoisotopic (exact) mass is 339 g/mol. The van der Waals surface area contributed by atoms with E-state index >= 15 is 0 Å². The predicted octanol–water partition coefficient (Wildman–Crippen LogP) is 1.43. The van der Waals surface area contributed by atoms with Gasteiger partial charge in [0.1, 0.15) is 11.7 Å². The third kappa shape index (κ3) is 1.84. The first-order valence-corrected chi connectivity index (χ1v) is 7.34. The van der Waals surface area contributed by atoms with Crippen molar-refractivity contribution in [2.75, 3.05) is 35.0 Å². The van der Waals surface area contributed by atoms with Crippen molar-refractivity contribution in [3.63, 3.8) is 0 Å². The molecule has 0 saturated heterocycles. The normalized spacial score (nSPS) is 27.1. The number of esters is 1. The lowest BCUT2D eigenvalue weighted by Gasteiger charge is -2.65. The van der Waals surface area contributed by atoms with Crippen molar-refractivity contribution in [2.24, 2.45) is 5.41 Å². The molecule has 132 valence electrons. The third-order valence-electron chi connectivity index (χ3n) is 4.57. The van der Waals surface area contributed by atoms with E-state index in [4.69, 9.17) is 28.1 Å². The Bertz CT molecular complexity index is 613. The molecule has 1 aliphatic rings. The highest BCUT2D eigenvalue weighted by Gasteiger charge is 2.90. The van der Waals surface area contributed by atoms with Gasteiger partial charge < -0.3 is 28.1 Å². The number of carbonyl (C=O) groups is 1. The van der Waals surface area contributed by atoms with E-state index in [9.17, 15) is 10.1 Å². The van der Waals surface area contributed by atoms with Gasteiger partial charge in [0, 0.05) is 28.4 Å². The van der Waals surface area contributed by atoms with Gasteiger partial charge in [-0.1, -0.05) is 0 Å². The number of nitrogens with zero attached hydrogens (tertiary/aromatic N) is 1. The first-order valence-electron chi connectivity index (χ1n) is 7.34. The maximum Gasteiger partial charge on any atom is 0.333 e. The highest BCUT2D eigenvalue weighted by Crippen LogP contribution is 2.69. The molecule has 0 N–H and O–H groups in total. The van der Waals surface area contributed by atoms with Crippen LogP contribution in [-0.4, -0.2) is 52.6 Å². The Morgan fingerprint density at radius 3 is 2.25 bits per heavy atom. The Labute approximate surface area is 140 Å². The molecule has 0 radical (unpaired) electrons. The van der Waals surface area contributed by atoms with Crippen LogP contribution in [0.1, 0.15) is 18.6 Å². The molecule has 1 aromatic rings. The second-order valence-electron chi connectivity index (χ2n) is 5.19. The summed E-state index contributed by atoms with van der Waals surface area (Å²) in [6.45, 7) is 1.73. The molecule has 0 bridgehead atoms. The molecule has 2 atom stereocenters. The van der Waals surface area contributed by atoms with Gasteiger partial charge in [-0.3, -0.25) is 4.79 Å². The lowest BCUT2D eigenvalue weighted by Crippen LogP contribution is -2.84. The Balaban J connectivity index is 2.76. The van der Waals surface area contributed by atoms with Gasteiger partial charge in [0.05, 0.1) is 18.9 Å². The summed E-state index contributed by atoms with van der Waals surface area (Å²) in [5, 5.41) is 9.96. The topological polar surface area (TPSA) is 100 Å². The van der Waals surface area contributed by atoms with E-state index in [2.05, 4.69) is 0 Å². The van der Waals surface area contributed by atoms with Crippen molar-refractivity contribution in [1.29, 1.82) is 5.26 Å². The Morgan fingerprint density at radius 2 is 1.88 bits per heavy atom. The molecule has 2 rings (SSSR count). The number of ether oxygens (including phenoxy) is 5. The number of hydrogen-bond acceptors (Lipinski definition) is 8. The zero-order valence-corrected chi connectivity index (χ0v) is 14.3. The van der Waals surface area contributed by atoms with Gasteiger partial charge in [0.2, 0.25) is 11.2 Å². The summed E-state index contributed by atoms with van der Waals surface area (Å²) in [6, 6.07) is 5.27. The Morgan fingerprint density at radius 1 is 1.25 bits per heavy atom. The number of carbonyl (C=O) groups excluding carboxylic acids is 1. The van der Waals surface area contributed by atoms with Crippen LogP contribution in [0.2, 0.25) is 0 Å². The molecule has 1 fully saturated rings. The molecule has 24 heavy (non-hydrogen) atoms. The van der Waals surface area contributed by atoms with Crippen LogP contribution in [0.25, 0.3) is 0 Å². The zero-order valence-electron chi connectivity index (χ0n) is 14.3. The smallest absolute Gasteiger partial charge is 0.333 e. The van der Waals surface area contributed by atoms with Gasteiger partial charge in [-0.15, -0.1) is 0 Å². The van der Waals surface area contributed by atoms with Gasteiger partial charge in [-0.25, -0.2) is 0 Å². The largest absolute Gasteiger partial charge is 0.469 e. The van der Waals surface area contributed by atoms with E-state index in [-0.39, 0.29) is 6.61 Å². The van der Waals surface area contributed by atoms with Gasteiger partial charge >= 0.3 is 5.97 Å². The Kier molecular flexibility index (Phi) is 5.01. The van der Waals surface area contributed by atoms with Crippen LogP contribution in [0.4, 0.5) is 0 Å². The summed E-state index contributed by atoms with van der Waals surface area (Å²) in [6.07, 6.45) is 1.43. The molecule has 8 heteroatoms. The van der Waals surface area contributed by atoms with E-state index in [1.54, 1.807) is 19.1 Å². The molecule has 1 aliphatic carbocycles. The van der Waals surface area contributed by atoms with Crippen molar-refractivity contribution >= 4 is 5.97 Å². The highest BCUT2D eigenvalue weighted by molar-refractivity contribution is 5.86. The predicted molar refractivity (Wildman–Crippen MR) is 79.6 cm³/mol. The minimum Gasteiger partial charge on any atom is -0.469 e. The van der Waals surface area contributed by atoms with E-state index in [1.165, 1.54) is 34.7 Å². The molecular formula is C16H21NO7. The molecule has 0 spiro atoms. The SMILES string of the molecule is CCOC(=O)[C@]1(C#N)[C@H](c2ccco2)C(OC)(OC)C1(OC)OC. The fourth-order valence-corrected chi connectivity index (χ4v) is 3.68. The molecule has 1 saturated carbocycles. The summed E-state index contributed by atoms with van der Waals surface area (Å²) in [5.74, 6) is -4.88. The molecular weight excluding hydrogens is 318 g/mol. The zero-order chi connectivity index (χ0) is 18.0. The number of nitriles is 1. The van der Waals surface area contributed by atoms with Crippen molar-refractivity contribution in [3.8, 4) is 6.07 Å². The Hall–Kier alpha value is -1.92. The second-order valence-corrected chi connectivity index (χ2v) is 5.19. The van der Waals surface area contributed by atoms with Crippen molar-refractivity contribution in [1.82, 2.24) is 0 Å². The number of hydrogen-bond donors (Lipinski definition) is 0. The van der Waals surface area contributed by atoms with E-state index in [0.29, 0.717) is 5.76 Å². The molecule has 0 amide bonds. The fourth-order valence-electron chi connectivity index (χ4n) is 3.68. The number of furan rings is 1. The van der Waals surface area contributed by atoms with Crippen LogP contribution < -0.4 is 0 Å². The quantitative estimate of drug-likeness (QED) is 0.543. The van der Waals surface area contributed by atoms with Crippen LogP contribution in [-0.2, 0) is 28.5 Å². The van der Waals surface area contributed by atoms with Gasteiger partial charge in [0.25, 0.3) is 5.79 Å². The van der Waals surface area contributed by atoms with Gasteiger partial charge in [-0.2, -0.15) is 5.26 Å². The molecule has 1 aromatic heterocycles. The van der Waals surface area contributed by atoms with Crippen LogP contribution in [0.5, 0.6) is 0 Å². The molecule has 1 heterocycles. The first kappa shape index (κ1) is 18.4. The van der Waals surface area contributed by atoms with Gasteiger partial charge in [-0.05, 0) is 19.1 Å². The fraction of sp³-hybridized carbons (Fsp3) is 0.625. The standard InChI is InChI=1S/C16H21NO7/c1-6-23-13(18)14(10-17)12(11-8-7-9-24-11)15(19-2,20-3)16(14,21-4)22-5/h7-9,12H,6H2,1-5H3/t12-,14-/m0/s1. The molecule has 8 nitrogen and oxygen atoms in total. The minimum absolute atomic E-state index is 0.0869. The summed E-state index contributed by atoms with van der Waals surface area (Å²) in [4.78, 5) is 12.8. The summed E-state index contributed by atoms with van der Waals surface area (Å²) in [7, 11) is 5.36. The molecule has 0 unspecified atom stereocenters. The summed E-state index contributed by atoms with van der Waals surface area (Å²) >= 11 is 0. The minimum atomic E-state index is -1.88. The van der Waals surface area contributed by atoms with E-state index < -0.39 is 28.9 Å². The summed E-state index contributed by atoms with van der Waals surface area (Å²) in [5.41, 5.74) is -1.88. The van der Waals surface area contributed by atoms with E-state index in [1.807, 2.05) is 6.07 Å². The lowest BCUT2D eigenvalue weighted by atomic mass is 9.50. The molecule has 0 aliphatic heterocycles. The number of methoxy groups -OCH3 is 4. The average molecular weight is 339 g/mol. The van der Waals surface area contributed by atoms with Crippen LogP contribution in [0.3, 0.4) is 0 Å². The second kappa shape index (κ2) is 6.53. The highest BCUT2D eigenvalue weighted by atomic mass is 16.8. The van der Waals surface area contributed by atoms with Crippen molar-refractivity contribution < 1.29 is 32.9 Å². The average Bonchev–Trinajstić information content (AvgIpc) is 3.10.